The monoisotopic (exact) mass is 357 g/mol. The third-order valence-electron chi connectivity index (χ3n) is 1.93. The molecule has 0 atom stereocenters. The highest BCUT2D eigenvalue weighted by atomic mass is 127. The highest BCUT2D eigenvalue weighted by molar-refractivity contribution is 8.00. The van der Waals surface area contributed by atoms with Crippen LogP contribution in [0.25, 0.3) is 10.2 Å². The lowest BCUT2D eigenvalue weighted by Gasteiger charge is -1.87. The van der Waals surface area contributed by atoms with E-state index in [2.05, 4.69) is 23.9 Å². The van der Waals surface area contributed by atoms with Gasteiger partial charge in [0.15, 0.2) is 0 Å². The molecule has 14 heavy (non-hydrogen) atoms. The first-order valence-corrected chi connectivity index (χ1v) is 6.26. The van der Waals surface area contributed by atoms with Crippen LogP contribution < -0.4 is 28.5 Å². The van der Waals surface area contributed by atoms with E-state index in [1.165, 1.54) is 14.6 Å². The number of hydrogen-bond acceptors (Lipinski definition) is 2. The molecule has 1 heterocycles. The zero-order chi connectivity index (χ0) is 9.42. The molecule has 1 aromatic carbocycles. The van der Waals surface area contributed by atoms with Crippen molar-refractivity contribution in [3.63, 3.8) is 0 Å². The maximum Gasteiger partial charge on any atom is 0.297 e. The van der Waals surface area contributed by atoms with Crippen molar-refractivity contribution in [3.8, 4) is 0 Å². The van der Waals surface area contributed by atoms with Crippen molar-refractivity contribution in [2.24, 2.45) is 7.05 Å². The number of benzene rings is 1. The molecule has 5 heteroatoms. The van der Waals surface area contributed by atoms with Crippen molar-refractivity contribution in [2.75, 3.05) is 6.26 Å². The highest BCUT2D eigenvalue weighted by Crippen LogP contribution is 2.27. The molecule has 0 radical (unpaired) electrons. The van der Waals surface area contributed by atoms with E-state index in [1.54, 1.807) is 23.1 Å². The molecular weight excluding hydrogens is 349 g/mol. The molecule has 0 amide bonds. The van der Waals surface area contributed by atoms with Crippen LogP contribution in [0.2, 0.25) is 5.02 Å². The first-order chi connectivity index (χ1) is 6.22. The van der Waals surface area contributed by atoms with E-state index in [0.29, 0.717) is 0 Å². The van der Waals surface area contributed by atoms with Crippen LogP contribution in [0.4, 0.5) is 0 Å². The fourth-order valence-electron chi connectivity index (χ4n) is 1.29. The Hall–Kier alpha value is 0.480. The molecular formula is C9H9ClINS2. The van der Waals surface area contributed by atoms with Gasteiger partial charge in [-0.2, -0.15) is 4.57 Å². The van der Waals surface area contributed by atoms with Crippen LogP contribution in [0.3, 0.4) is 0 Å². The molecule has 1 nitrogen and oxygen atoms in total. The standard InChI is InChI=1S/C9H9ClNS2.HI/c1-11-7-4-3-6(10)5-8(7)13-9(11)12-2;/h3-5H,1-2H3;1H/q+1;/p-1. The van der Waals surface area contributed by atoms with Crippen LogP contribution in [0.5, 0.6) is 0 Å². The summed E-state index contributed by atoms with van der Waals surface area (Å²) in [7, 11) is 2.08. The summed E-state index contributed by atoms with van der Waals surface area (Å²) in [6.07, 6.45) is 2.09. The Bertz CT molecular complexity index is 455. The van der Waals surface area contributed by atoms with Crippen molar-refractivity contribution >= 4 is 44.9 Å². The number of halogens is 2. The van der Waals surface area contributed by atoms with Gasteiger partial charge in [-0.05, 0) is 30.2 Å². The van der Waals surface area contributed by atoms with Crippen LogP contribution in [0, 0.1) is 0 Å². The summed E-state index contributed by atoms with van der Waals surface area (Å²) in [5.74, 6) is 0. The second-order valence-corrected chi connectivity index (χ2v) is 5.26. The Morgan fingerprint density at radius 2 is 2.14 bits per heavy atom. The van der Waals surface area contributed by atoms with Gasteiger partial charge in [0.05, 0.1) is 0 Å². The summed E-state index contributed by atoms with van der Waals surface area (Å²) in [6.45, 7) is 0. The third kappa shape index (κ3) is 2.18. The molecule has 0 saturated heterocycles. The predicted molar refractivity (Wildman–Crippen MR) is 59.8 cm³/mol. The van der Waals surface area contributed by atoms with Crippen molar-refractivity contribution < 1.29 is 28.5 Å². The number of aromatic nitrogens is 1. The molecule has 76 valence electrons. The van der Waals surface area contributed by atoms with Gasteiger partial charge in [-0.15, -0.1) is 0 Å². The van der Waals surface area contributed by atoms with Crippen LogP contribution in [-0.4, -0.2) is 6.26 Å². The van der Waals surface area contributed by atoms with Crippen LogP contribution >= 0.6 is 34.7 Å². The molecule has 2 aromatic rings. The second kappa shape index (κ2) is 5.01. The Morgan fingerprint density at radius 3 is 2.79 bits per heavy atom. The predicted octanol–water partition coefficient (Wildman–Crippen LogP) is 0.105. The molecule has 0 aliphatic rings. The maximum atomic E-state index is 5.91. The highest BCUT2D eigenvalue weighted by Gasteiger charge is 2.15. The Morgan fingerprint density at radius 1 is 1.43 bits per heavy atom. The molecule has 0 spiro atoms. The SMILES string of the molecule is CSc1sc2cc(Cl)ccc2[n+]1C.[I-]. The van der Waals surface area contributed by atoms with Crippen LogP contribution in [-0.2, 0) is 7.05 Å². The lowest BCUT2D eigenvalue weighted by molar-refractivity contribution is -0.676. The number of rotatable bonds is 1. The zero-order valence-corrected chi connectivity index (χ0v) is 12.3. The van der Waals surface area contributed by atoms with Gasteiger partial charge in [0, 0.05) is 11.1 Å². The summed E-state index contributed by atoms with van der Waals surface area (Å²) in [5, 5.41) is 0.807. The number of fused-ring (bicyclic) bond motifs is 1. The van der Waals surface area contributed by atoms with Gasteiger partial charge in [-0.3, -0.25) is 0 Å². The summed E-state index contributed by atoms with van der Waals surface area (Å²) >= 11 is 9.46. The van der Waals surface area contributed by atoms with Gasteiger partial charge in [0.25, 0.3) is 4.34 Å². The summed E-state index contributed by atoms with van der Waals surface area (Å²) in [4.78, 5) is 0. The molecule has 0 aliphatic heterocycles. The topological polar surface area (TPSA) is 3.88 Å². The fourth-order valence-corrected chi connectivity index (χ4v) is 3.42. The minimum Gasteiger partial charge on any atom is -1.00 e. The van der Waals surface area contributed by atoms with E-state index in [1.807, 2.05) is 12.1 Å². The van der Waals surface area contributed by atoms with Crippen LogP contribution in [0.1, 0.15) is 0 Å². The molecule has 0 saturated carbocycles. The first-order valence-electron chi connectivity index (χ1n) is 3.84. The summed E-state index contributed by atoms with van der Waals surface area (Å²) in [5.41, 5.74) is 1.25. The smallest absolute Gasteiger partial charge is 0.297 e. The molecule has 0 fully saturated rings. The van der Waals surface area contributed by atoms with Crippen molar-refractivity contribution in [3.05, 3.63) is 23.2 Å². The molecule has 1 aromatic heterocycles. The van der Waals surface area contributed by atoms with Gasteiger partial charge < -0.3 is 24.0 Å². The number of nitrogens with zero attached hydrogens (tertiary/aromatic N) is 1. The van der Waals surface area contributed by atoms with E-state index < -0.39 is 0 Å². The van der Waals surface area contributed by atoms with Gasteiger partial charge >= 0.3 is 0 Å². The van der Waals surface area contributed by atoms with Crippen molar-refractivity contribution in [2.45, 2.75) is 4.34 Å². The largest absolute Gasteiger partial charge is 1.00 e. The van der Waals surface area contributed by atoms with E-state index in [-0.39, 0.29) is 24.0 Å². The average molecular weight is 358 g/mol. The number of thiazole rings is 1. The van der Waals surface area contributed by atoms with E-state index in [4.69, 9.17) is 11.6 Å². The van der Waals surface area contributed by atoms with E-state index >= 15 is 0 Å². The molecule has 2 rings (SSSR count). The number of hydrogen-bond donors (Lipinski definition) is 0. The van der Waals surface area contributed by atoms with Gasteiger partial charge in [-0.1, -0.05) is 22.9 Å². The lowest BCUT2D eigenvalue weighted by Crippen LogP contribution is -3.00. The molecule has 0 aliphatic carbocycles. The number of thioether (sulfide) groups is 1. The van der Waals surface area contributed by atoms with Crippen molar-refractivity contribution in [1.29, 1.82) is 0 Å². The third-order valence-corrected chi connectivity index (χ3v) is 4.53. The second-order valence-electron chi connectivity index (χ2n) is 2.74. The molecule has 0 bridgehead atoms. The first kappa shape index (κ1) is 12.5. The minimum absolute atomic E-state index is 0. The van der Waals surface area contributed by atoms with Crippen molar-refractivity contribution in [1.82, 2.24) is 0 Å². The van der Waals surface area contributed by atoms with Gasteiger partial charge in [-0.25, -0.2) is 0 Å². The number of aryl methyl sites for hydroxylation is 1. The minimum atomic E-state index is 0. The maximum absolute atomic E-state index is 5.91. The summed E-state index contributed by atoms with van der Waals surface area (Å²) < 4.78 is 4.75. The zero-order valence-electron chi connectivity index (χ0n) is 7.75. The molecule has 0 unspecified atom stereocenters. The Labute approximate surface area is 113 Å². The average Bonchev–Trinajstić information content (AvgIpc) is 2.42. The Kier molecular flexibility index (Phi) is 4.49. The van der Waals surface area contributed by atoms with E-state index in [9.17, 15) is 0 Å². The Balaban J connectivity index is 0.000000980. The van der Waals surface area contributed by atoms with E-state index in [0.717, 1.165) is 5.02 Å². The lowest BCUT2D eigenvalue weighted by atomic mass is 10.3. The van der Waals surface area contributed by atoms with Crippen LogP contribution in [0.15, 0.2) is 22.5 Å². The molecule has 0 N–H and O–H groups in total. The fraction of sp³-hybridized carbons (Fsp3) is 0.222. The van der Waals surface area contributed by atoms with Gasteiger partial charge in [0.2, 0.25) is 5.52 Å². The van der Waals surface area contributed by atoms with Gasteiger partial charge in [0.1, 0.15) is 11.7 Å². The normalized spacial score (nSPS) is 10.2. The quantitative estimate of drug-likeness (QED) is 0.398. The summed E-state index contributed by atoms with van der Waals surface area (Å²) in [6, 6.07) is 6.01.